The lowest BCUT2D eigenvalue weighted by Gasteiger charge is -2.18. The van der Waals surface area contributed by atoms with Gasteiger partial charge in [0.1, 0.15) is 10.6 Å². The Morgan fingerprint density at radius 2 is 1.91 bits per heavy atom. The summed E-state index contributed by atoms with van der Waals surface area (Å²) < 4.78 is 35.7. The average molecular weight is 396 g/mol. The molecular formula is C16H14BrNO4S. The highest BCUT2D eigenvalue weighted by atomic mass is 79.9. The number of fused-ring (bicyclic) bond motifs is 1. The molecule has 0 atom stereocenters. The smallest absolute Gasteiger partial charge is 0.358 e. The van der Waals surface area contributed by atoms with Crippen LogP contribution in [-0.2, 0) is 14.4 Å². The Bertz CT molecular complexity index is 860. The number of hydrogen-bond acceptors (Lipinski definition) is 5. The van der Waals surface area contributed by atoms with E-state index < -0.39 is 10.1 Å². The molecule has 7 heteroatoms. The monoisotopic (exact) mass is 395 g/mol. The number of oxime groups is 1. The van der Waals surface area contributed by atoms with Crippen LogP contribution in [0.3, 0.4) is 0 Å². The predicted molar refractivity (Wildman–Crippen MR) is 90.2 cm³/mol. The first-order valence-corrected chi connectivity index (χ1v) is 9.16. The van der Waals surface area contributed by atoms with E-state index in [9.17, 15) is 8.42 Å². The third-order valence-electron chi connectivity index (χ3n) is 3.40. The van der Waals surface area contributed by atoms with Gasteiger partial charge in [0.15, 0.2) is 0 Å². The first kappa shape index (κ1) is 16.0. The van der Waals surface area contributed by atoms with E-state index in [0.717, 1.165) is 15.6 Å². The van der Waals surface area contributed by atoms with Gasteiger partial charge in [-0.2, -0.15) is 8.42 Å². The van der Waals surface area contributed by atoms with E-state index in [-0.39, 0.29) is 4.90 Å². The molecule has 0 bridgehead atoms. The number of benzene rings is 2. The fraction of sp³-hybridized carbons (Fsp3) is 0.188. The van der Waals surface area contributed by atoms with Gasteiger partial charge in [0.25, 0.3) is 0 Å². The summed E-state index contributed by atoms with van der Waals surface area (Å²) in [5.74, 6) is 0.662. The van der Waals surface area contributed by atoms with Gasteiger partial charge in [-0.3, -0.25) is 4.28 Å². The summed E-state index contributed by atoms with van der Waals surface area (Å²) in [6.45, 7) is 2.32. The summed E-state index contributed by atoms with van der Waals surface area (Å²) in [6.07, 6.45) is 0.479. The highest BCUT2D eigenvalue weighted by Gasteiger charge is 2.20. The van der Waals surface area contributed by atoms with E-state index in [1.54, 1.807) is 12.1 Å². The molecule has 0 amide bonds. The molecule has 0 N–H and O–H groups in total. The fourth-order valence-electron chi connectivity index (χ4n) is 2.18. The SMILES string of the molecule is Cc1ccc(S(=O)(=O)O/N=C2\CCOc3ccc(Br)cc32)cc1. The molecule has 3 rings (SSSR count). The van der Waals surface area contributed by atoms with Crippen LogP contribution in [0.25, 0.3) is 0 Å². The minimum atomic E-state index is -3.93. The molecule has 1 heterocycles. The van der Waals surface area contributed by atoms with E-state index in [4.69, 9.17) is 9.02 Å². The Kier molecular flexibility index (Phi) is 4.41. The van der Waals surface area contributed by atoms with Crippen molar-refractivity contribution in [3.8, 4) is 5.75 Å². The van der Waals surface area contributed by atoms with Crippen LogP contribution < -0.4 is 4.74 Å². The first-order valence-electron chi connectivity index (χ1n) is 6.96. The van der Waals surface area contributed by atoms with E-state index in [1.165, 1.54) is 12.1 Å². The van der Waals surface area contributed by atoms with Crippen LogP contribution >= 0.6 is 15.9 Å². The normalized spacial score (nSPS) is 15.8. The van der Waals surface area contributed by atoms with Crippen LogP contribution in [0.5, 0.6) is 5.75 Å². The van der Waals surface area contributed by atoms with Crippen molar-refractivity contribution in [3.63, 3.8) is 0 Å². The Balaban J connectivity index is 1.89. The molecule has 2 aromatic rings. The molecule has 0 aromatic heterocycles. The van der Waals surface area contributed by atoms with Gasteiger partial charge >= 0.3 is 10.1 Å². The van der Waals surface area contributed by atoms with Crippen molar-refractivity contribution in [3.05, 3.63) is 58.1 Å². The second kappa shape index (κ2) is 6.33. The predicted octanol–water partition coefficient (Wildman–Crippen LogP) is 3.65. The van der Waals surface area contributed by atoms with Crippen LogP contribution in [0.15, 0.2) is 57.0 Å². The summed E-state index contributed by atoms with van der Waals surface area (Å²) in [5.41, 5.74) is 2.24. The van der Waals surface area contributed by atoms with Crippen molar-refractivity contribution in [1.82, 2.24) is 0 Å². The number of nitrogens with zero attached hydrogens (tertiary/aromatic N) is 1. The molecule has 0 fully saturated rings. The molecule has 23 heavy (non-hydrogen) atoms. The van der Waals surface area contributed by atoms with Gasteiger partial charge in [-0.25, -0.2) is 0 Å². The quantitative estimate of drug-likeness (QED) is 0.743. The largest absolute Gasteiger partial charge is 0.492 e. The topological polar surface area (TPSA) is 65.0 Å². The second-order valence-corrected chi connectivity index (χ2v) is 7.56. The highest BCUT2D eigenvalue weighted by molar-refractivity contribution is 9.10. The lowest BCUT2D eigenvalue weighted by molar-refractivity contribution is 0.308. The van der Waals surface area contributed by atoms with E-state index in [1.807, 2.05) is 25.1 Å². The lowest BCUT2D eigenvalue weighted by Crippen LogP contribution is -2.17. The molecule has 0 spiro atoms. The molecule has 0 aliphatic carbocycles. The number of hydrogen-bond donors (Lipinski definition) is 0. The summed E-state index contributed by atoms with van der Waals surface area (Å²) in [5, 5.41) is 3.86. The van der Waals surface area contributed by atoms with E-state index >= 15 is 0 Å². The number of rotatable bonds is 3. The molecule has 0 unspecified atom stereocenters. The summed E-state index contributed by atoms with van der Waals surface area (Å²) >= 11 is 3.38. The second-order valence-electron chi connectivity index (χ2n) is 5.12. The molecular weight excluding hydrogens is 382 g/mol. The molecule has 5 nitrogen and oxygen atoms in total. The minimum absolute atomic E-state index is 0.0778. The maximum atomic E-state index is 12.2. The zero-order chi connectivity index (χ0) is 16.4. The van der Waals surface area contributed by atoms with Gasteiger partial charge < -0.3 is 4.74 Å². The first-order chi connectivity index (χ1) is 11.0. The summed E-state index contributed by atoms with van der Waals surface area (Å²) in [6, 6.07) is 11.9. The van der Waals surface area contributed by atoms with Crippen molar-refractivity contribution in [2.45, 2.75) is 18.2 Å². The van der Waals surface area contributed by atoms with Crippen molar-refractivity contribution in [2.24, 2.45) is 5.16 Å². The molecule has 1 aliphatic rings. The molecule has 1 aliphatic heterocycles. The standard InChI is InChI=1S/C16H14BrNO4S/c1-11-2-5-13(6-3-11)23(19,20)22-18-15-8-9-21-16-7-4-12(17)10-14(15)16/h2-7,10H,8-9H2,1H3/b18-15+. The maximum absolute atomic E-state index is 12.2. The van der Waals surface area contributed by atoms with E-state index in [0.29, 0.717) is 24.5 Å². The molecule has 2 aromatic carbocycles. The Morgan fingerprint density at radius 1 is 1.17 bits per heavy atom. The zero-order valence-electron chi connectivity index (χ0n) is 12.3. The van der Waals surface area contributed by atoms with Crippen LogP contribution in [0.2, 0.25) is 0 Å². The average Bonchev–Trinajstić information content (AvgIpc) is 2.53. The van der Waals surface area contributed by atoms with Crippen molar-refractivity contribution in [2.75, 3.05) is 6.61 Å². The lowest BCUT2D eigenvalue weighted by atomic mass is 10.0. The zero-order valence-corrected chi connectivity index (χ0v) is 14.7. The van der Waals surface area contributed by atoms with Gasteiger partial charge in [-0.05, 0) is 37.3 Å². The van der Waals surface area contributed by atoms with Gasteiger partial charge in [0.2, 0.25) is 0 Å². The Morgan fingerprint density at radius 3 is 2.65 bits per heavy atom. The minimum Gasteiger partial charge on any atom is -0.492 e. The summed E-state index contributed by atoms with van der Waals surface area (Å²) in [7, 11) is -3.93. The van der Waals surface area contributed by atoms with Crippen LogP contribution in [0.4, 0.5) is 0 Å². The maximum Gasteiger partial charge on any atom is 0.358 e. The highest BCUT2D eigenvalue weighted by Crippen LogP contribution is 2.28. The third-order valence-corrected chi connectivity index (χ3v) is 5.02. The molecule has 0 saturated carbocycles. The van der Waals surface area contributed by atoms with Crippen LogP contribution in [0, 0.1) is 6.92 Å². The van der Waals surface area contributed by atoms with Gasteiger partial charge in [0, 0.05) is 16.5 Å². The van der Waals surface area contributed by atoms with Crippen molar-refractivity contribution < 1.29 is 17.4 Å². The third kappa shape index (κ3) is 3.56. The van der Waals surface area contributed by atoms with Gasteiger partial charge in [0.05, 0.1) is 12.3 Å². The molecule has 120 valence electrons. The fourth-order valence-corrected chi connectivity index (χ4v) is 3.29. The van der Waals surface area contributed by atoms with Crippen LogP contribution in [-0.4, -0.2) is 20.7 Å². The number of halogens is 1. The molecule has 0 saturated heterocycles. The van der Waals surface area contributed by atoms with E-state index in [2.05, 4.69) is 21.1 Å². The van der Waals surface area contributed by atoms with Crippen LogP contribution in [0.1, 0.15) is 17.5 Å². The van der Waals surface area contributed by atoms with Crippen molar-refractivity contribution in [1.29, 1.82) is 0 Å². The van der Waals surface area contributed by atoms with Crippen molar-refractivity contribution >= 4 is 31.8 Å². The van der Waals surface area contributed by atoms with Gasteiger partial charge in [-0.15, -0.1) is 0 Å². The Labute approximate surface area is 143 Å². The Hall–Kier alpha value is -1.86. The summed E-state index contributed by atoms with van der Waals surface area (Å²) in [4.78, 5) is 0.0778. The number of aryl methyl sites for hydroxylation is 1. The number of ether oxygens (including phenoxy) is 1. The van der Waals surface area contributed by atoms with Gasteiger partial charge in [-0.1, -0.05) is 38.8 Å². The molecule has 0 radical (unpaired) electrons.